The van der Waals surface area contributed by atoms with Crippen LogP contribution in [0, 0.1) is 0 Å². The van der Waals surface area contributed by atoms with Gasteiger partial charge in [0.2, 0.25) is 0 Å². The first kappa shape index (κ1) is 24.3. The molecule has 0 radical (unpaired) electrons. The van der Waals surface area contributed by atoms with Gasteiger partial charge in [0, 0.05) is 19.3 Å². The molecule has 0 aliphatic heterocycles. The van der Waals surface area contributed by atoms with Crippen molar-refractivity contribution in [2.24, 2.45) is 0 Å². The quantitative estimate of drug-likeness (QED) is 0.482. The van der Waals surface area contributed by atoms with Crippen LogP contribution in [0.1, 0.15) is 25.0 Å². The second kappa shape index (κ2) is 9.63. The Hall–Kier alpha value is -3.37. The summed E-state index contributed by atoms with van der Waals surface area (Å²) in [4.78, 5) is 11.6. The predicted molar refractivity (Wildman–Crippen MR) is 122 cm³/mol. The van der Waals surface area contributed by atoms with Crippen molar-refractivity contribution in [2.45, 2.75) is 37.5 Å². The highest BCUT2D eigenvalue weighted by Crippen LogP contribution is 2.24. The molecular weight excluding hydrogens is 446 g/mol. The van der Waals surface area contributed by atoms with Gasteiger partial charge in [0.25, 0.3) is 10.0 Å². The lowest BCUT2D eigenvalue weighted by atomic mass is 10.1. The van der Waals surface area contributed by atoms with Crippen molar-refractivity contribution >= 4 is 16.0 Å². The highest BCUT2D eigenvalue weighted by molar-refractivity contribution is 7.89. The molecule has 0 saturated heterocycles. The molecule has 0 fully saturated rings. The first-order valence-electron chi connectivity index (χ1n) is 10.1. The summed E-state index contributed by atoms with van der Waals surface area (Å²) in [6, 6.07) is 15.5. The van der Waals surface area contributed by atoms with Crippen LogP contribution in [0.25, 0.3) is 0 Å². The molecule has 0 aliphatic carbocycles. The van der Waals surface area contributed by atoms with E-state index in [0.717, 1.165) is 15.8 Å². The minimum absolute atomic E-state index is 0.0908. The fourth-order valence-electron chi connectivity index (χ4n) is 3.08. The molecule has 0 atom stereocenters. The first-order valence-corrected chi connectivity index (χ1v) is 11.6. The molecule has 1 aromatic heterocycles. The second-order valence-corrected chi connectivity index (χ2v) is 9.82. The number of benzene rings is 2. The average Bonchev–Trinajstić information content (AvgIpc) is 3.31. The van der Waals surface area contributed by atoms with Gasteiger partial charge in [-0.15, -0.1) is 0 Å². The Kier molecular flexibility index (Phi) is 7.09. The number of methoxy groups -OCH3 is 2. The van der Waals surface area contributed by atoms with Gasteiger partial charge in [-0.05, 0) is 55.3 Å². The van der Waals surface area contributed by atoms with Crippen molar-refractivity contribution in [1.29, 1.82) is 0 Å². The maximum atomic E-state index is 13.6. The second-order valence-electron chi connectivity index (χ2n) is 7.93. The lowest BCUT2D eigenvalue weighted by Gasteiger charge is -2.22. The van der Waals surface area contributed by atoms with E-state index in [4.69, 9.17) is 9.47 Å². The van der Waals surface area contributed by atoms with E-state index in [1.54, 1.807) is 62.8 Å². The highest BCUT2D eigenvalue weighted by Gasteiger charge is 2.33. The largest absolute Gasteiger partial charge is 0.497 e. The van der Waals surface area contributed by atoms with Gasteiger partial charge in [-0.2, -0.15) is 9.40 Å². The van der Waals surface area contributed by atoms with Gasteiger partial charge in [-0.1, -0.05) is 24.3 Å². The molecule has 0 saturated carbocycles. The molecule has 0 aliphatic rings. The molecule has 0 amide bonds. The van der Waals surface area contributed by atoms with Gasteiger partial charge in [0.05, 0.1) is 14.2 Å². The number of carbonyl (C=O) groups is 1. The molecule has 3 aromatic rings. The van der Waals surface area contributed by atoms with Gasteiger partial charge in [0.1, 0.15) is 11.5 Å². The van der Waals surface area contributed by atoms with Gasteiger partial charge in [-0.3, -0.25) is 4.68 Å². The maximum absolute atomic E-state index is 13.6. The van der Waals surface area contributed by atoms with Gasteiger partial charge in [-0.25, -0.2) is 13.2 Å². The summed E-state index contributed by atoms with van der Waals surface area (Å²) in [5.41, 5.74) is 0.126. The summed E-state index contributed by atoms with van der Waals surface area (Å²) in [5.74, 6) is 0.207. The standard InChI is InChI=1S/C23H27N3O6S/c1-23(2,22(27)28)26-14-13-21(24-26)33(29,30)25(15-17-5-9-19(31-3)10-6-17)16-18-7-11-20(32-4)12-8-18/h5-14H,15-16H2,1-4H3,(H,27,28). The fraction of sp³-hybridized carbons (Fsp3) is 0.304. The van der Waals surface area contributed by atoms with Crippen LogP contribution in [0.4, 0.5) is 0 Å². The number of carboxylic acids is 1. The number of ether oxygens (including phenoxy) is 2. The molecule has 0 unspecified atom stereocenters. The van der Waals surface area contributed by atoms with Crippen LogP contribution in [-0.4, -0.2) is 47.8 Å². The van der Waals surface area contributed by atoms with Crippen molar-refractivity contribution in [3.05, 3.63) is 71.9 Å². The zero-order valence-electron chi connectivity index (χ0n) is 18.9. The van der Waals surface area contributed by atoms with Gasteiger partial charge >= 0.3 is 5.97 Å². The van der Waals surface area contributed by atoms with Crippen LogP contribution in [-0.2, 0) is 33.4 Å². The molecule has 10 heteroatoms. The maximum Gasteiger partial charge on any atom is 0.331 e. The summed E-state index contributed by atoms with van der Waals surface area (Å²) >= 11 is 0. The van der Waals surface area contributed by atoms with Crippen LogP contribution in [0.3, 0.4) is 0 Å². The van der Waals surface area contributed by atoms with E-state index >= 15 is 0 Å². The molecule has 0 spiro atoms. The number of aromatic nitrogens is 2. The Morgan fingerprint density at radius 2 is 1.39 bits per heavy atom. The van der Waals surface area contributed by atoms with Gasteiger partial charge in [0.15, 0.2) is 10.6 Å². The first-order chi connectivity index (χ1) is 15.6. The zero-order chi connectivity index (χ0) is 24.2. The Labute approximate surface area is 193 Å². The summed E-state index contributed by atoms with van der Waals surface area (Å²) in [7, 11) is -0.928. The molecule has 1 N–H and O–H groups in total. The number of hydrogen-bond acceptors (Lipinski definition) is 6. The molecule has 33 heavy (non-hydrogen) atoms. The number of rotatable bonds is 10. The molecule has 2 aromatic carbocycles. The van der Waals surface area contributed by atoms with Crippen molar-refractivity contribution < 1.29 is 27.8 Å². The van der Waals surface area contributed by atoms with Crippen LogP contribution < -0.4 is 9.47 Å². The Morgan fingerprint density at radius 1 is 0.939 bits per heavy atom. The normalized spacial score (nSPS) is 12.0. The average molecular weight is 474 g/mol. The van der Waals surface area contributed by atoms with Crippen LogP contribution in [0.5, 0.6) is 11.5 Å². The zero-order valence-corrected chi connectivity index (χ0v) is 19.7. The topological polar surface area (TPSA) is 111 Å². The minimum Gasteiger partial charge on any atom is -0.497 e. The van der Waals surface area contributed by atoms with Crippen LogP contribution >= 0.6 is 0 Å². The van der Waals surface area contributed by atoms with E-state index < -0.39 is 21.5 Å². The third kappa shape index (κ3) is 5.35. The minimum atomic E-state index is -4.05. The number of hydrogen-bond donors (Lipinski definition) is 1. The lowest BCUT2D eigenvalue weighted by Crippen LogP contribution is -2.36. The van der Waals surface area contributed by atoms with Gasteiger partial charge < -0.3 is 14.6 Å². The molecular formula is C23H27N3O6S. The van der Waals surface area contributed by atoms with E-state index in [-0.39, 0.29) is 18.1 Å². The van der Waals surface area contributed by atoms with Crippen LogP contribution in [0.15, 0.2) is 65.8 Å². The van der Waals surface area contributed by atoms with E-state index in [1.807, 2.05) is 0 Å². The SMILES string of the molecule is COc1ccc(CN(Cc2ccc(OC)cc2)S(=O)(=O)c2ccn(C(C)(C)C(=O)O)n2)cc1. The molecule has 1 heterocycles. The third-order valence-corrected chi connectivity index (χ3v) is 6.99. The van der Waals surface area contributed by atoms with E-state index in [0.29, 0.717) is 11.5 Å². The number of carboxylic acid groups (broad SMARTS) is 1. The van der Waals surface area contributed by atoms with Crippen molar-refractivity contribution in [2.75, 3.05) is 14.2 Å². The third-order valence-electron chi connectivity index (χ3n) is 5.30. The van der Waals surface area contributed by atoms with E-state index in [1.165, 1.54) is 30.4 Å². The molecule has 0 bridgehead atoms. The summed E-state index contributed by atoms with van der Waals surface area (Å²) in [6.07, 6.45) is 1.36. The Bertz CT molecular complexity index is 1150. The molecule has 3 rings (SSSR count). The summed E-state index contributed by atoms with van der Waals surface area (Å²) in [5, 5.41) is 13.3. The van der Waals surface area contributed by atoms with Crippen molar-refractivity contribution in [1.82, 2.24) is 14.1 Å². The summed E-state index contributed by atoms with van der Waals surface area (Å²) < 4.78 is 39.9. The smallest absolute Gasteiger partial charge is 0.331 e. The predicted octanol–water partition coefficient (Wildman–Crippen LogP) is 3.11. The van der Waals surface area contributed by atoms with Crippen molar-refractivity contribution in [3.63, 3.8) is 0 Å². The molecule has 9 nitrogen and oxygen atoms in total. The van der Waals surface area contributed by atoms with Crippen molar-refractivity contribution in [3.8, 4) is 11.5 Å². The summed E-state index contributed by atoms with van der Waals surface area (Å²) in [6.45, 7) is 3.08. The van der Waals surface area contributed by atoms with E-state index in [9.17, 15) is 18.3 Å². The monoisotopic (exact) mass is 473 g/mol. The fourth-order valence-corrected chi connectivity index (χ4v) is 4.41. The van der Waals surface area contributed by atoms with Crippen LogP contribution in [0.2, 0.25) is 0 Å². The lowest BCUT2D eigenvalue weighted by molar-refractivity contribution is -0.146. The number of aliphatic carboxylic acids is 1. The number of sulfonamides is 1. The Morgan fingerprint density at radius 3 is 1.79 bits per heavy atom. The number of nitrogens with zero attached hydrogens (tertiary/aromatic N) is 3. The molecule has 176 valence electrons. The Balaban J connectivity index is 1.97. The highest BCUT2D eigenvalue weighted by atomic mass is 32.2. The van der Waals surface area contributed by atoms with E-state index in [2.05, 4.69) is 5.10 Å².